The minimum absolute atomic E-state index is 0.126. The topological polar surface area (TPSA) is 110 Å². The number of aliphatic imine (C=N–C) groups is 1. The fourth-order valence-electron chi connectivity index (χ4n) is 1.59. The van der Waals surface area contributed by atoms with Gasteiger partial charge in [-0.15, -0.1) is 0 Å². The Kier molecular flexibility index (Phi) is 3.34. The summed E-state index contributed by atoms with van der Waals surface area (Å²) in [5, 5.41) is 21.2. The van der Waals surface area contributed by atoms with Crippen LogP contribution in [0.15, 0.2) is 34.7 Å². The molecular formula is C11H10N2O5S. The molecule has 2 rings (SSSR count). The zero-order valence-electron chi connectivity index (χ0n) is 9.63. The molecule has 0 radical (unpaired) electrons. The second kappa shape index (κ2) is 4.81. The van der Waals surface area contributed by atoms with Crippen molar-refractivity contribution in [3.63, 3.8) is 0 Å². The molecular weight excluding hydrogens is 272 g/mol. The van der Waals surface area contributed by atoms with Gasteiger partial charge in [0.25, 0.3) is 5.69 Å². The van der Waals surface area contributed by atoms with E-state index in [-0.39, 0.29) is 22.8 Å². The molecule has 0 saturated heterocycles. The first-order valence-corrected chi connectivity index (χ1v) is 7.00. The molecule has 1 atom stereocenters. The van der Waals surface area contributed by atoms with Crippen LogP contribution < -0.4 is 0 Å². The van der Waals surface area contributed by atoms with E-state index in [4.69, 9.17) is 0 Å². The van der Waals surface area contributed by atoms with E-state index in [0.717, 1.165) is 5.41 Å². The normalized spacial score (nSPS) is 20.9. The third-order valence-corrected chi connectivity index (χ3v) is 3.92. The lowest BCUT2D eigenvalue weighted by Gasteiger charge is -2.01. The highest BCUT2D eigenvalue weighted by molar-refractivity contribution is 7.94. The summed E-state index contributed by atoms with van der Waals surface area (Å²) in [4.78, 5) is 14.0. The molecule has 1 aromatic rings. The Morgan fingerprint density at radius 1 is 1.47 bits per heavy atom. The van der Waals surface area contributed by atoms with E-state index in [0.29, 0.717) is 0 Å². The molecule has 0 spiro atoms. The van der Waals surface area contributed by atoms with Gasteiger partial charge in [-0.25, -0.2) is 8.42 Å². The first kappa shape index (κ1) is 13.2. The molecule has 0 aliphatic carbocycles. The molecule has 0 amide bonds. The van der Waals surface area contributed by atoms with Gasteiger partial charge in [0.15, 0.2) is 9.84 Å². The maximum atomic E-state index is 11.2. The summed E-state index contributed by atoms with van der Waals surface area (Å²) in [7, 11) is -3.20. The van der Waals surface area contributed by atoms with Gasteiger partial charge < -0.3 is 5.11 Å². The van der Waals surface area contributed by atoms with Crippen LogP contribution in [-0.4, -0.2) is 36.5 Å². The average Bonchev–Trinajstić information content (AvgIpc) is 2.67. The van der Waals surface area contributed by atoms with Crippen LogP contribution >= 0.6 is 0 Å². The van der Waals surface area contributed by atoms with Gasteiger partial charge >= 0.3 is 0 Å². The lowest BCUT2D eigenvalue weighted by molar-refractivity contribution is -0.384. The Labute approximate surface area is 109 Å². The van der Waals surface area contributed by atoms with E-state index in [9.17, 15) is 23.6 Å². The first-order valence-electron chi connectivity index (χ1n) is 5.29. The molecule has 0 bridgehead atoms. The lowest BCUT2D eigenvalue weighted by Crippen LogP contribution is -2.08. The van der Waals surface area contributed by atoms with Crippen LogP contribution in [0, 0.1) is 10.1 Å². The second-order valence-corrected chi connectivity index (χ2v) is 5.94. The first-order chi connectivity index (χ1) is 8.87. The predicted molar refractivity (Wildman–Crippen MR) is 69.1 cm³/mol. The Morgan fingerprint density at radius 2 is 2.21 bits per heavy atom. The van der Waals surface area contributed by atoms with E-state index >= 15 is 0 Å². The minimum atomic E-state index is -3.20. The zero-order chi connectivity index (χ0) is 14.0. The van der Waals surface area contributed by atoms with Crippen LogP contribution in [0.5, 0.6) is 5.75 Å². The van der Waals surface area contributed by atoms with Gasteiger partial charge in [0.1, 0.15) is 5.75 Å². The van der Waals surface area contributed by atoms with E-state index in [1.807, 2.05) is 0 Å². The molecule has 8 heteroatoms. The molecule has 0 aromatic heterocycles. The summed E-state index contributed by atoms with van der Waals surface area (Å²) >= 11 is 0. The number of hydrogen-bond donors (Lipinski definition) is 1. The highest BCUT2D eigenvalue weighted by Gasteiger charge is 2.20. The van der Waals surface area contributed by atoms with Crippen LogP contribution in [-0.2, 0) is 9.84 Å². The SMILES string of the molecule is O=[N+]([O-])c1ccc(O)c(C=N[C@@H]2C=CS(=O)(=O)C2)c1. The molecule has 1 aromatic carbocycles. The maximum absolute atomic E-state index is 11.2. The quantitative estimate of drug-likeness (QED) is 0.505. The highest BCUT2D eigenvalue weighted by atomic mass is 32.2. The number of nitro benzene ring substituents is 1. The van der Waals surface area contributed by atoms with Crippen molar-refractivity contribution in [2.24, 2.45) is 4.99 Å². The summed E-state index contributed by atoms with van der Waals surface area (Å²) in [5.41, 5.74) is 0.000679. The Balaban J connectivity index is 2.22. The molecule has 19 heavy (non-hydrogen) atoms. The molecule has 1 aliphatic rings. The van der Waals surface area contributed by atoms with Crippen molar-refractivity contribution in [3.05, 3.63) is 45.4 Å². The number of benzene rings is 1. The number of rotatable bonds is 3. The van der Waals surface area contributed by atoms with Crippen LogP contribution in [0.1, 0.15) is 5.56 Å². The lowest BCUT2D eigenvalue weighted by atomic mass is 10.2. The highest BCUT2D eigenvalue weighted by Crippen LogP contribution is 2.21. The summed E-state index contributed by atoms with van der Waals surface area (Å²) in [5.74, 6) is -0.279. The van der Waals surface area contributed by atoms with E-state index < -0.39 is 20.8 Å². The van der Waals surface area contributed by atoms with Crippen LogP contribution in [0.4, 0.5) is 5.69 Å². The van der Waals surface area contributed by atoms with Crippen molar-refractivity contribution in [3.8, 4) is 5.75 Å². The summed E-state index contributed by atoms with van der Waals surface area (Å²) in [6.45, 7) is 0. The summed E-state index contributed by atoms with van der Waals surface area (Å²) < 4.78 is 22.3. The standard InChI is InChI=1S/C11H10N2O5S/c14-11-2-1-10(13(15)16)5-8(11)6-12-9-3-4-19(17,18)7-9/h1-6,9,14H,7H2/t9-/m1/s1. The van der Waals surface area contributed by atoms with E-state index in [2.05, 4.69) is 4.99 Å². The van der Waals surface area contributed by atoms with Crippen molar-refractivity contribution in [1.29, 1.82) is 0 Å². The third kappa shape index (κ3) is 3.16. The molecule has 100 valence electrons. The van der Waals surface area contributed by atoms with E-state index in [1.54, 1.807) is 0 Å². The number of aromatic hydroxyl groups is 1. The van der Waals surface area contributed by atoms with E-state index in [1.165, 1.54) is 30.5 Å². The number of sulfone groups is 1. The van der Waals surface area contributed by atoms with Gasteiger partial charge in [-0.2, -0.15) is 0 Å². The number of nitrogens with zero attached hydrogens (tertiary/aromatic N) is 2. The molecule has 0 saturated carbocycles. The van der Waals surface area contributed by atoms with Crippen molar-refractivity contribution >= 4 is 21.7 Å². The Morgan fingerprint density at radius 3 is 2.79 bits per heavy atom. The monoisotopic (exact) mass is 282 g/mol. The minimum Gasteiger partial charge on any atom is -0.507 e. The largest absolute Gasteiger partial charge is 0.507 e. The van der Waals surface area contributed by atoms with Gasteiger partial charge in [-0.05, 0) is 12.1 Å². The predicted octanol–water partition coefficient (Wildman–Crippen LogP) is 1.03. The number of nitro groups is 1. The number of phenolic OH excluding ortho intramolecular Hbond substituents is 1. The van der Waals surface area contributed by atoms with Gasteiger partial charge in [-0.3, -0.25) is 15.1 Å². The molecule has 1 aliphatic heterocycles. The number of non-ortho nitro benzene ring substituents is 1. The van der Waals surface area contributed by atoms with Gasteiger partial charge in [0.2, 0.25) is 0 Å². The van der Waals surface area contributed by atoms with Crippen molar-refractivity contribution in [2.45, 2.75) is 6.04 Å². The second-order valence-electron chi connectivity index (χ2n) is 4.00. The molecule has 0 unspecified atom stereocenters. The smallest absolute Gasteiger partial charge is 0.270 e. The van der Waals surface area contributed by atoms with Crippen LogP contribution in [0.25, 0.3) is 0 Å². The summed E-state index contributed by atoms with van der Waals surface area (Å²) in [6.07, 6.45) is 2.67. The fourth-order valence-corrected chi connectivity index (χ4v) is 2.79. The average molecular weight is 282 g/mol. The fraction of sp³-hybridized carbons (Fsp3) is 0.182. The van der Waals surface area contributed by atoms with Crippen LogP contribution in [0.2, 0.25) is 0 Å². The third-order valence-electron chi connectivity index (χ3n) is 2.54. The molecule has 1 N–H and O–H groups in total. The van der Waals surface area contributed by atoms with Crippen LogP contribution in [0.3, 0.4) is 0 Å². The maximum Gasteiger partial charge on any atom is 0.270 e. The van der Waals surface area contributed by atoms with Crippen molar-refractivity contribution < 1.29 is 18.4 Å². The van der Waals surface area contributed by atoms with Gasteiger partial charge in [0.05, 0.1) is 16.7 Å². The van der Waals surface area contributed by atoms with Crippen molar-refractivity contribution in [2.75, 3.05) is 5.75 Å². The summed E-state index contributed by atoms with van der Waals surface area (Å²) in [6, 6.07) is 3.02. The Bertz CT molecular complexity index is 678. The Hall–Kier alpha value is -2.22. The molecule has 0 fully saturated rings. The van der Waals surface area contributed by atoms with Crippen molar-refractivity contribution in [1.82, 2.24) is 0 Å². The number of hydrogen-bond acceptors (Lipinski definition) is 6. The van der Waals surface area contributed by atoms with Gasteiger partial charge in [0, 0.05) is 29.3 Å². The molecule has 7 nitrogen and oxygen atoms in total. The zero-order valence-corrected chi connectivity index (χ0v) is 10.4. The number of phenols is 1. The van der Waals surface area contributed by atoms with Gasteiger partial charge in [-0.1, -0.05) is 0 Å². The molecule has 1 heterocycles.